The molecule has 2 rings (SSSR count). The lowest BCUT2D eigenvalue weighted by Gasteiger charge is -2.39. The van der Waals surface area contributed by atoms with Gasteiger partial charge in [-0.15, -0.1) is 11.8 Å². The molecule has 1 fully saturated rings. The van der Waals surface area contributed by atoms with Gasteiger partial charge in [0.15, 0.2) is 11.6 Å². The SMILES string of the molecule is CN(C(=O)CSc1ccc(F)c(F)c1)C1(C#N)CCCCC1. The molecule has 1 saturated carbocycles. The van der Waals surface area contributed by atoms with Crippen molar-refractivity contribution >= 4 is 17.7 Å². The van der Waals surface area contributed by atoms with Gasteiger partial charge in [-0.1, -0.05) is 19.3 Å². The first-order valence-electron chi connectivity index (χ1n) is 7.24. The third kappa shape index (κ3) is 3.58. The third-order valence-electron chi connectivity index (χ3n) is 4.16. The number of carbonyl (C=O) groups is 1. The maximum absolute atomic E-state index is 13.1. The van der Waals surface area contributed by atoms with Crippen molar-refractivity contribution in [3.05, 3.63) is 29.8 Å². The Hall–Kier alpha value is -1.61. The topological polar surface area (TPSA) is 44.1 Å². The zero-order valence-corrected chi connectivity index (χ0v) is 13.3. The third-order valence-corrected chi connectivity index (χ3v) is 5.14. The average molecular weight is 324 g/mol. The summed E-state index contributed by atoms with van der Waals surface area (Å²) in [6.45, 7) is 0. The van der Waals surface area contributed by atoms with Crippen molar-refractivity contribution < 1.29 is 13.6 Å². The fourth-order valence-corrected chi connectivity index (χ4v) is 3.54. The highest BCUT2D eigenvalue weighted by atomic mass is 32.2. The van der Waals surface area contributed by atoms with Gasteiger partial charge in [-0.05, 0) is 31.0 Å². The summed E-state index contributed by atoms with van der Waals surface area (Å²) in [6, 6.07) is 5.86. The maximum atomic E-state index is 13.1. The molecule has 0 atom stereocenters. The molecule has 0 aliphatic heterocycles. The van der Waals surface area contributed by atoms with Crippen LogP contribution in [0.15, 0.2) is 23.1 Å². The smallest absolute Gasteiger partial charge is 0.233 e. The Kier molecular flexibility index (Phi) is 5.41. The maximum Gasteiger partial charge on any atom is 0.233 e. The van der Waals surface area contributed by atoms with E-state index in [9.17, 15) is 18.8 Å². The van der Waals surface area contributed by atoms with E-state index in [4.69, 9.17) is 0 Å². The number of hydrogen-bond acceptors (Lipinski definition) is 3. The molecule has 6 heteroatoms. The van der Waals surface area contributed by atoms with E-state index in [2.05, 4.69) is 6.07 Å². The Balaban J connectivity index is 1.99. The predicted molar refractivity (Wildman–Crippen MR) is 81.3 cm³/mol. The Morgan fingerprint density at radius 1 is 1.32 bits per heavy atom. The first-order valence-corrected chi connectivity index (χ1v) is 8.23. The van der Waals surface area contributed by atoms with Crippen LogP contribution in [0.4, 0.5) is 8.78 Å². The molecule has 0 unspecified atom stereocenters. The van der Waals surface area contributed by atoms with Crippen LogP contribution in [0, 0.1) is 23.0 Å². The van der Waals surface area contributed by atoms with Gasteiger partial charge in [0.05, 0.1) is 11.8 Å². The van der Waals surface area contributed by atoms with Gasteiger partial charge in [0.2, 0.25) is 5.91 Å². The molecule has 0 N–H and O–H groups in total. The number of benzene rings is 1. The standard InChI is InChI=1S/C16H18F2N2OS/c1-20(16(11-19)7-3-2-4-8-16)15(21)10-22-12-5-6-13(17)14(18)9-12/h5-6,9H,2-4,7-8,10H2,1H3. The van der Waals surface area contributed by atoms with Crippen molar-refractivity contribution in [1.82, 2.24) is 4.90 Å². The highest BCUT2D eigenvalue weighted by Crippen LogP contribution is 2.33. The van der Waals surface area contributed by atoms with Gasteiger partial charge in [0, 0.05) is 11.9 Å². The normalized spacial score (nSPS) is 16.8. The van der Waals surface area contributed by atoms with Crippen LogP contribution in [-0.4, -0.2) is 29.1 Å². The molecule has 1 aromatic carbocycles. The van der Waals surface area contributed by atoms with Crippen LogP contribution in [-0.2, 0) is 4.79 Å². The molecule has 0 saturated heterocycles. The second kappa shape index (κ2) is 7.10. The van der Waals surface area contributed by atoms with Crippen LogP contribution in [0.5, 0.6) is 0 Å². The molecule has 0 bridgehead atoms. The predicted octanol–water partition coefficient (Wildman–Crippen LogP) is 3.74. The van der Waals surface area contributed by atoms with Gasteiger partial charge in [0.25, 0.3) is 0 Å². The highest BCUT2D eigenvalue weighted by Gasteiger charge is 2.38. The quantitative estimate of drug-likeness (QED) is 0.793. The summed E-state index contributed by atoms with van der Waals surface area (Å²) in [6.07, 6.45) is 4.38. The molecular weight excluding hydrogens is 306 g/mol. The number of rotatable bonds is 4. The number of halogens is 2. The molecule has 0 radical (unpaired) electrons. The average Bonchev–Trinajstić information content (AvgIpc) is 2.55. The van der Waals surface area contributed by atoms with E-state index in [-0.39, 0.29) is 11.7 Å². The van der Waals surface area contributed by atoms with Crippen LogP contribution >= 0.6 is 11.8 Å². The van der Waals surface area contributed by atoms with E-state index < -0.39 is 17.2 Å². The van der Waals surface area contributed by atoms with Crippen LogP contribution in [0.2, 0.25) is 0 Å². The number of nitriles is 1. The van der Waals surface area contributed by atoms with Gasteiger partial charge in [-0.25, -0.2) is 8.78 Å². The van der Waals surface area contributed by atoms with E-state index >= 15 is 0 Å². The summed E-state index contributed by atoms with van der Waals surface area (Å²) in [5.74, 6) is -1.89. The zero-order valence-electron chi connectivity index (χ0n) is 12.4. The minimum atomic E-state index is -0.924. The van der Waals surface area contributed by atoms with Crippen molar-refractivity contribution in [3.63, 3.8) is 0 Å². The molecule has 0 aromatic heterocycles. The number of nitrogens with zero attached hydrogens (tertiary/aromatic N) is 2. The molecule has 118 valence electrons. The highest BCUT2D eigenvalue weighted by molar-refractivity contribution is 8.00. The summed E-state index contributed by atoms with van der Waals surface area (Å²) in [4.78, 5) is 14.3. The number of carbonyl (C=O) groups excluding carboxylic acids is 1. The summed E-state index contributed by atoms with van der Waals surface area (Å²) in [5.41, 5.74) is -0.718. The molecule has 3 nitrogen and oxygen atoms in total. The number of amides is 1. The monoisotopic (exact) mass is 324 g/mol. The molecule has 1 amide bonds. The molecule has 0 heterocycles. The van der Waals surface area contributed by atoms with E-state index in [1.165, 1.54) is 11.0 Å². The summed E-state index contributed by atoms with van der Waals surface area (Å²) in [5, 5.41) is 9.47. The van der Waals surface area contributed by atoms with E-state index in [0.29, 0.717) is 17.7 Å². The molecule has 22 heavy (non-hydrogen) atoms. The van der Waals surface area contributed by atoms with Crippen molar-refractivity contribution in [1.29, 1.82) is 5.26 Å². The second-order valence-corrected chi connectivity index (χ2v) is 6.57. The van der Waals surface area contributed by atoms with Crippen LogP contribution in [0.1, 0.15) is 32.1 Å². The van der Waals surface area contributed by atoms with Crippen molar-refractivity contribution in [2.45, 2.75) is 42.5 Å². The second-order valence-electron chi connectivity index (χ2n) is 5.52. The molecule has 1 aliphatic carbocycles. The number of thioether (sulfide) groups is 1. The minimum absolute atomic E-state index is 0.102. The first kappa shape index (κ1) is 16.8. The Morgan fingerprint density at radius 3 is 2.59 bits per heavy atom. The first-order chi connectivity index (χ1) is 10.5. The van der Waals surface area contributed by atoms with Gasteiger partial charge in [-0.3, -0.25) is 4.79 Å². The lowest BCUT2D eigenvalue weighted by Crippen LogP contribution is -2.50. The Morgan fingerprint density at radius 2 is 2.00 bits per heavy atom. The van der Waals surface area contributed by atoms with Crippen LogP contribution in [0.25, 0.3) is 0 Å². The van der Waals surface area contributed by atoms with Crippen molar-refractivity contribution in [2.75, 3.05) is 12.8 Å². The Labute approximate surface area is 133 Å². The summed E-state index contributed by atoms with van der Waals surface area (Å²) >= 11 is 1.15. The van der Waals surface area contributed by atoms with Crippen LogP contribution in [0.3, 0.4) is 0 Å². The zero-order chi connectivity index (χ0) is 16.2. The van der Waals surface area contributed by atoms with Gasteiger partial charge >= 0.3 is 0 Å². The lowest BCUT2D eigenvalue weighted by molar-refractivity contribution is -0.131. The summed E-state index contributed by atoms with van der Waals surface area (Å²) < 4.78 is 26.0. The lowest BCUT2D eigenvalue weighted by atomic mass is 9.81. The van der Waals surface area contributed by atoms with Gasteiger partial charge < -0.3 is 4.90 Å². The molecule has 1 aromatic rings. The molecule has 1 aliphatic rings. The Bertz CT molecular complexity index is 594. The molecular formula is C16H18F2N2OS. The van der Waals surface area contributed by atoms with Gasteiger partial charge in [-0.2, -0.15) is 5.26 Å². The fraction of sp³-hybridized carbons (Fsp3) is 0.500. The van der Waals surface area contributed by atoms with Crippen molar-refractivity contribution in [3.8, 4) is 6.07 Å². The van der Waals surface area contributed by atoms with Crippen LogP contribution < -0.4 is 0 Å². The van der Waals surface area contributed by atoms with E-state index in [1.54, 1.807) is 7.05 Å². The largest absolute Gasteiger partial charge is 0.326 e. The van der Waals surface area contributed by atoms with E-state index in [0.717, 1.165) is 43.2 Å². The van der Waals surface area contributed by atoms with E-state index in [1.807, 2.05) is 0 Å². The summed E-state index contributed by atoms with van der Waals surface area (Å²) in [7, 11) is 1.66. The molecule has 0 spiro atoms. The fourth-order valence-electron chi connectivity index (χ4n) is 2.71. The van der Waals surface area contributed by atoms with Gasteiger partial charge in [0.1, 0.15) is 5.54 Å². The number of hydrogen-bond donors (Lipinski definition) is 0. The van der Waals surface area contributed by atoms with Crippen molar-refractivity contribution in [2.24, 2.45) is 0 Å². The minimum Gasteiger partial charge on any atom is -0.326 e.